The Morgan fingerprint density at radius 3 is 1.97 bits per heavy atom. The van der Waals surface area contributed by atoms with Crippen LogP contribution in [0.15, 0.2) is 60.7 Å². The summed E-state index contributed by atoms with van der Waals surface area (Å²) >= 11 is 0. The van der Waals surface area contributed by atoms with E-state index in [-0.39, 0.29) is 0 Å². The van der Waals surface area contributed by atoms with Crippen LogP contribution in [0.3, 0.4) is 0 Å². The summed E-state index contributed by atoms with van der Waals surface area (Å²) in [6.07, 6.45) is 0. The minimum atomic E-state index is -0.735. The Balaban J connectivity index is 1.75. The first kappa shape index (κ1) is 20.8. The maximum absolute atomic E-state index is 7.12. The number of nitrogens with zero attached hydrogens (tertiary/aromatic N) is 4. The molecule has 1 aliphatic carbocycles. The molecule has 0 N–H and O–H groups in total. The Hall–Kier alpha value is -3.73. The van der Waals surface area contributed by atoms with E-state index >= 15 is 0 Å². The molecule has 1 aromatic heterocycles. The molecule has 3 aromatic carbocycles. The van der Waals surface area contributed by atoms with Crippen LogP contribution in [0.1, 0.15) is 29.3 Å². The number of fused-ring (bicyclic) bond motifs is 9. The topological polar surface area (TPSA) is 33.5 Å². The van der Waals surface area contributed by atoms with Crippen LogP contribution in [0, 0.1) is 6.92 Å². The van der Waals surface area contributed by atoms with Gasteiger partial charge in [-0.2, -0.15) is 5.10 Å². The Morgan fingerprint density at radius 2 is 1.41 bits per heavy atom. The highest BCUT2D eigenvalue weighted by atomic mass is 16.5. The number of anilines is 2. The predicted molar refractivity (Wildman–Crippen MR) is 139 cm³/mol. The zero-order chi connectivity index (χ0) is 23.8. The predicted octanol–water partition coefficient (Wildman–Crippen LogP) is 5.68. The van der Waals surface area contributed by atoms with E-state index < -0.39 is 5.60 Å². The Bertz CT molecular complexity index is 1390. The minimum absolute atomic E-state index is 0.735. The van der Waals surface area contributed by atoms with Crippen molar-refractivity contribution in [3.8, 4) is 28.1 Å². The van der Waals surface area contributed by atoms with E-state index in [9.17, 15) is 0 Å². The number of para-hydroxylation sites is 1. The second kappa shape index (κ2) is 7.13. The lowest BCUT2D eigenvalue weighted by molar-refractivity contribution is 0.156. The van der Waals surface area contributed by atoms with Crippen LogP contribution in [-0.2, 0) is 12.1 Å². The van der Waals surface area contributed by atoms with Gasteiger partial charge in [-0.05, 0) is 61.4 Å². The molecule has 0 unspecified atom stereocenters. The molecule has 5 nitrogen and oxygen atoms in total. The van der Waals surface area contributed by atoms with Gasteiger partial charge in [-0.3, -0.25) is 4.68 Å². The number of hydrogen-bond acceptors (Lipinski definition) is 4. The Kier molecular flexibility index (Phi) is 4.37. The molecule has 5 heteroatoms. The zero-order valence-corrected chi connectivity index (χ0v) is 20.7. The minimum Gasteiger partial charge on any atom is -0.472 e. The van der Waals surface area contributed by atoms with Gasteiger partial charge in [0.25, 0.3) is 0 Å². The van der Waals surface area contributed by atoms with Crippen LogP contribution in [-0.4, -0.2) is 38.0 Å². The van der Waals surface area contributed by atoms with Crippen LogP contribution in [0.5, 0.6) is 5.75 Å². The largest absolute Gasteiger partial charge is 0.472 e. The smallest absolute Gasteiger partial charge is 0.189 e. The van der Waals surface area contributed by atoms with E-state index in [1.807, 2.05) is 6.07 Å². The van der Waals surface area contributed by atoms with Crippen LogP contribution < -0.4 is 14.5 Å². The first-order valence-electron chi connectivity index (χ1n) is 11.9. The molecule has 2 aliphatic rings. The van der Waals surface area contributed by atoms with Crippen molar-refractivity contribution in [2.45, 2.75) is 26.0 Å². The lowest BCUT2D eigenvalue weighted by Gasteiger charge is -2.37. The molecule has 172 valence electrons. The van der Waals surface area contributed by atoms with Crippen molar-refractivity contribution in [3.05, 3.63) is 83.0 Å². The molecule has 0 radical (unpaired) electrons. The van der Waals surface area contributed by atoms with Gasteiger partial charge < -0.3 is 14.5 Å². The first-order chi connectivity index (χ1) is 16.4. The van der Waals surface area contributed by atoms with Gasteiger partial charge in [0.1, 0.15) is 11.4 Å². The van der Waals surface area contributed by atoms with Gasteiger partial charge in [-0.15, -0.1) is 0 Å². The zero-order valence-electron chi connectivity index (χ0n) is 20.7. The molecule has 1 aliphatic heterocycles. The highest BCUT2D eigenvalue weighted by Gasteiger charge is 2.53. The van der Waals surface area contributed by atoms with Crippen LogP contribution in [0.25, 0.3) is 22.4 Å². The average Bonchev–Trinajstić information content (AvgIpc) is 3.32. The van der Waals surface area contributed by atoms with E-state index in [1.165, 1.54) is 33.6 Å². The Labute approximate surface area is 201 Å². The number of aromatic nitrogens is 2. The summed E-state index contributed by atoms with van der Waals surface area (Å²) in [5.41, 5.74) is 10.8. The summed E-state index contributed by atoms with van der Waals surface area (Å²) < 4.78 is 9.23. The van der Waals surface area contributed by atoms with Crippen molar-refractivity contribution in [3.63, 3.8) is 0 Å². The molecule has 4 aromatic rings. The highest BCUT2D eigenvalue weighted by molar-refractivity contribution is 5.90. The van der Waals surface area contributed by atoms with Crippen molar-refractivity contribution in [2.75, 3.05) is 38.0 Å². The van der Waals surface area contributed by atoms with Crippen LogP contribution >= 0.6 is 0 Å². The fraction of sp³-hybridized carbons (Fsp3) is 0.276. The van der Waals surface area contributed by atoms with Crippen molar-refractivity contribution in [2.24, 2.45) is 0 Å². The molecule has 6 rings (SSSR count). The number of aryl methyl sites for hydroxylation is 1. The second-order valence-corrected chi connectivity index (χ2v) is 9.65. The maximum Gasteiger partial charge on any atom is 0.189 e. The van der Waals surface area contributed by atoms with E-state index in [4.69, 9.17) is 9.84 Å². The van der Waals surface area contributed by atoms with Gasteiger partial charge in [0.05, 0.1) is 5.56 Å². The number of benzene rings is 3. The molecule has 34 heavy (non-hydrogen) atoms. The van der Waals surface area contributed by atoms with Gasteiger partial charge in [-0.1, -0.05) is 24.3 Å². The maximum atomic E-state index is 7.12. The van der Waals surface area contributed by atoms with Crippen molar-refractivity contribution in [1.82, 2.24) is 9.78 Å². The number of rotatable bonds is 3. The van der Waals surface area contributed by atoms with Gasteiger partial charge in [0.15, 0.2) is 5.60 Å². The standard InChI is InChI=1S/C29H30N4O/c1-7-33-18(2)27-28(30-33)21-10-8-9-11-26(21)34-29(27)24-14-12-19(31(3)4)16-22(24)23-17-20(32(5)6)13-15-25(23)29/h8-17H,7H2,1-6H3. The van der Waals surface area contributed by atoms with E-state index in [1.54, 1.807) is 0 Å². The number of hydrogen-bond donors (Lipinski definition) is 0. The van der Waals surface area contributed by atoms with Crippen molar-refractivity contribution < 1.29 is 4.74 Å². The molecule has 2 heterocycles. The fourth-order valence-corrected chi connectivity index (χ4v) is 5.64. The first-order valence-corrected chi connectivity index (χ1v) is 11.9. The third kappa shape index (κ3) is 2.58. The van der Waals surface area contributed by atoms with Crippen molar-refractivity contribution in [1.29, 1.82) is 0 Å². The van der Waals surface area contributed by atoms with E-state index in [0.717, 1.165) is 34.8 Å². The second-order valence-electron chi connectivity index (χ2n) is 9.65. The van der Waals surface area contributed by atoms with Gasteiger partial charge in [0.2, 0.25) is 0 Å². The van der Waals surface area contributed by atoms with Crippen LogP contribution in [0.2, 0.25) is 0 Å². The van der Waals surface area contributed by atoms with Gasteiger partial charge in [0, 0.05) is 68.5 Å². The fourth-order valence-electron chi connectivity index (χ4n) is 5.64. The summed E-state index contributed by atoms with van der Waals surface area (Å²) in [6.45, 7) is 5.14. The van der Waals surface area contributed by atoms with Gasteiger partial charge in [-0.25, -0.2) is 0 Å². The molecule has 0 saturated heterocycles. The summed E-state index contributed by atoms with van der Waals surface area (Å²) in [7, 11) is 8.35. The summed E-state index contributed by atoms with van der Waals surface area (Å²) in [5.74, 6) is 0.878. The molecule has 0 atom stereocenters. The third-order valence-electron chi connectivity index (χ3n) is 7.35. The van der Waals surface area contributed by atoms with Gasteiger partial charge >= 0.3 is 0 Å². The van der Waals surface area contributed by atoms with Crippen molar-refractivity contribution >= 4 is 11.4 Å². The highest BCUT2D eigenvalue weighted by Crippen LogP contribution is 2.59. The third-order valence-corrected chi connectivity index (χ3v) is 7.35. The SMILES string of the molecule is CCn1nc2c(c1C)C1(Oc3ccccc3-2)c2ccc(N(C)C)cc2-c2cc(N(C)C)ccc21. The molecule has 1 spiro atoms. The summed E-state index contributed by atoms with van der Waals surface area (Å²) in [6, 6.07) is 21.8. The quantitative estimate of drug-likeness (QED) is 0.402. The van der Waals surface area contributed by atoms with E-state index in [0.29, 0.717) is 0 Å². The molecular weight excluding hydrogens is 420 g/mol. The lowest BCUT2D eigenvalue weighted by Crippen LogP contribution is -2.37. The molecule has 0 fully saturated rings. The van der Waals surface area contributed by atoms with Crippen LogP contribution in [0.4, 0.5) is 11.4 Å². The Morgan fingerprint density at radius 1 is 0.824 bits per heavy atom. The monoisotopic (exact) mass is 450 g/mol. The lowest BCUT2D eigenvalue weighted by atomic mass is 9.79. The summed E-state index contributed by atoms with van der Waals surface area (Å²) in [5, 5.41) is 5.09. The molecule has 0 amide bonds. The van der Waals surface area contributed by atoms with E-state index in [2.05, 4.69) is 111 Å². The summed E-state index contributed by atoms with van der Waals surface area (Å²) in [4.78, 5) is 4.31. The normalized spacial score (nSPS) is 14.2. The number of ether oxygens (including phenoxy) is 1. The average molecular weight is 451 g/mol. The molecule has 0 saturated carbocycles. The molecular formula is C29H30N4O. The molecule has 0 bridgehead atoms.